The van der Waals surface area contributed by atoms with Gasteiger partial charge in [0.15, 0.2) is 5.12 Å². The third kappa shape index (κ3) is 2.47. The van der Waals surface area contributed by atoms with Gasteiger partial charge in [-0.25, -0.2) is 0 Å². The molecule has 0 saturated heterocycles. The van der Waals surface area contributed by atoms with E-state index in [-0.39, 0.29) is 10.7 Å². The molecular formula is C3H8OSSi. The molecule has 0 N–H and O–H groups in total. The van der Waals surface area contributed by atoms with E-state index in [1.165, 1.54) is 0 Å². The zero-order chi connectivity index (χ0) is 5.15. The van der Waals surface area contributed by atoms with Crippen LogP contribution in [0.3, 0.4) is 0 Å². The Morgan fingerprint density at radius 2 is 2.17 bits per heavy atom. The lowest BCUT2D eigenvalue weighted by Gasteiger charge is -1.89. The molecule has 36 valence electrons. The van der Waals surface area contributed by atoms with Crippen molar-refractivity contribution in [1.29, 1.82) is 0 Å². The molecule has 0 aromatic rings. The highest BCUT2D eigenvalue weighted by Gasteiger charge is 1.96. The first-order valence-electron chi connectivity index (χ1n) is 1.87. The van der Waals surface area contributed by atoms with E-state index in [9.17, 15) is 4.79 Å². The van der Waals surface area contributed by atoms with E-state index in [4.69, 9.17) is 0 Å². The Hall–Kier alpha value is 0.237. The highest BCUT2D eigenvalue weighted by Crippen LogP contribution is 1.98. The largest absolute Gasteiger partial charge is 0.288 e. The van der Waals surface area contributed by atoms with Gasteiger partial charge in [0, 0.05) is 15.8 Å². The molecule has 0 aliphatic carbocycles. The summed E-state index contributed by atoms with van der Waals surface area (Å²) in [6.45, 7) is 1.88. The van der Waals surface area contributed by atoms with Crippen molar-refractivity contribution in [2.75, 3.05) is 0 Å². The van der Waals surface area contributed by atoms with Gasteiger partial charge in [-0.3, -0.25) is 4.79 Å². The molecule has 0 radical (unpaired) electrons. The van der Waals surface area contributed by atoms with Crippen molar-refractivity contribution in [1.82, 2.24) is 0 Å². The Morgan fingerprint density at radius 1 is 2.00 bits per heavy atom. The molecule has 6 heavy (non-hydrogen) atoms. The maximum absolute atomic E-state index is 10.0. The smallest absolute Gasteiger partial charge is 0.185 e. The van der Waals surface area contributed by atoms with Crippen LogP contribution in [0.15, 0.2) is 0 Å². The second kappa shape index (κ2) is 2.42. The average molecular weight is 120 g/mol. The highest BCUT2D eigenvalue weighted by molar-refractivity contribution is 7.96. The topological polar surface area (TPSA) is 17.1 Å². The van der Waals surface area contributed by atoms with Crippen molar-refractivity contribution >= 4 is 28.0 Å². The van der Waals surface area contributed by atoms with Crippen molar-refractivity contribution in [2.45, 2.75) is 12.5 Å². The minimum Gasteiger partial charge on any atom is -0.288 e. The SMILES string of the molecule is CC([SiH3])C(=O)S. The van der Waals surface area contributed by atoms with Gasteiger partial charge in [0.1, 0.15) is 0 Å². The predicted octanol–water partition coefficient (Wildman–Crippen LogP) is -0.383. The third-order valence-electron chi connectivity index (χ3n) is 0.494. The summed E-state index contributed by atoms with van der Waals surface area (Å²) in [4.78, 5) is 10.0. The number of hydrogen-bond acceptors (Lipinski definition) is 1. The number of carbonyl (C=O) groups is 1. The first kappa shape index (κ1) is 6.24. The van der Waals surface area contributed by atoms with Gasteiger partial charge in [0.2, 0.25) is 0 Å². The molecule has 0 spiro atoms. The Labute approximate surface area is 46.0 Å². The zero-order valence-electron chi connectivity index (χ0n) is 3.93. The van der Waals surface area contributed by atoms with Crippen LogP contribution in [0, 0.1) is 0 Å². The summed E-state index contributed by atoms with van der Waals surface area (Å²) in [6.07, 6.45) is 0. The van der Waals surface area contributed by atoms with Crippen LogP contribution in [0.2, 0.25) is 5.54 Å². The van der Waals surface area contributed by atoms with Crippen molar-refractivity contribution in [3.63, 3.8) is 0 Å². The summed E-state index contributed by atoms with van der Waals surface area (Å²) in [5.74, 6) is 0. The summed E-state index contributed by atoms with van der Waals surface area (Å²) in [5.41, 5.74) is 0.216. The van der Waals surface area contributed by atoms with E-state index in [1.54, 1.807) is 0 Å². The van der Waals surface area contributed by atoms with E-state index in [1.807, 2.05) is 6.92 Å². The van der Waals surface area contributed by atoms with Gasteiger partial charge < -0.3 is 0 Å². The average Bonchev–Trinajstić information content (AvgIpc) is 1.36. The van der Waals surface area contributed by atoms with Gasteiger partial charge in [0.05, 0.1) is 0 Å². The molecule has 1 atom stereocenters. The molecule has 0 aliphatic heterocycles. The fraction of sp³-hybridized carbons (Fsp3) is 0.667. The van der Waals surface area contributed by atoms with Gasteiger partial charge in [-0.2, -0.15) is 0 Å². The number of rotatable bonds is 1. The molecule has 0 aromatic carbocycles. The van der Waals surface area contributed by atoms with Gasteiger partial charge in [-0.15, -0.1) is 12.6 Å². The lowest BCUT2D eigenvalue weighted by Crippen LogP contribution is -1.93. The second-order valence-corrected chi connectivity index (χ2v) is 3.67. The third-order valence-corrected chi connectivity index (χ3v) is 2.02. The van der Waals surface area contributed by atoms with E-state index in [0.29, 0.717) is 0 Å². The fourth-order valence-electron chi connectivity index (χ4n) is 0. The van der Waals surface area contributed by atoms with Crippen LogP contribution in [-0.4, -0.2) is 15.4 Å². The monoisotopic (exact) mass is 120 g/mol. The summed E-state index contributed by atoms with van der Waals surface area (Å²) >= 11 is 3.59. The number of carbonyl (C=O) groups excluding carboxylic acids is 1. The quantitative estimate of drug-likeness (QED) is 0.369. The molecule has 0 aliphatic rings. The van der Waals surface area contributed by atoms with Crippen molar-refractivity contribution in [3.8, 4) is 0 Å². The van der Waals surface area contributed by atoms with Crippen LogP contribution in [0.4, 0.5) is 0 Å². The van der Waals surface area contributed by atoms with Crippen molar-refractivity contribution < 1.29 is 4.79 Å². The van der Waals surface area contributed by atoms with Crippen LogP contribution in [0.25, 0.3) is 0 Å². The minimum atomic E-state index is 0.0154. The first-order chi connectivity index (χ1) is 2.64. The fourth-order valence-corrected chi connectivity index (χ4v) is 0. The normalized spacial score (nSPS) is 14.3. The van der Waals surface area contributed by atoms with Gasteiger partial charge in [-0.1, -0.05) is 6.92 Å². The molecule has 0 fully saturated rings. The molecule has 1 nitrogen and oxygen atoms in total. The van der Waals surface area contributed by atoms with Crippen LogP contribution < -0.4 is 0 Å². The summed E-state index contributed by atoms with van der Waals surface area (Å²) in [7, 11) is 0.927. The predicted molar refractivity (Wildman–Crippen MR) is 33.4 cm³/mol. The molecule has 0 heterocycles. The molecule has 0 saturated carbocycles. The van der Waals surface area contributed by atoms with Crippen LogP contribution in [0.5, 0.6) is 0 Å². The molecular weight excluding hydrogens is 112 g/mol. The van der Waals surface area contributed by atoms with Gasteiger partial charge >= 0.3 is 0 Å². The van der Waals surface area contributed by atoms with Crippen molar-refractivity contribution in [2.24, 2.45) is 0 Å². The van der Waals surface area contributed by atoms with E-state index >= 15 is 0 Å². The zero-order valence-corrected chi connectivity index (χ0v) is 6.83. The second-order valence-electron chi connectivity index (χ2n) is 1.49. The van der Waals surface area contributed by atoms with Crippen molar-refractivity contribution in [3.05, 3.63) is 0 Å². The minimum absolute atomic E-state index is 0.0154. The van der Waals surface area contributed by atoms with E-state index < -0.39 is 0 Å². The lowest BCUT2D eigenvalue weighted by atomic mass is 10.5. The van der Waals surface area contributed by atoms with Crippen LogP contribution in [-0.2, 0) is 4.79 Å². The Balaban J connectivity index is 3.26. The highest BCUT2D eigenvalue weighted by atomic mass is 32.1. The standard InChI is InChI=1S/C3H8OSSi/c1-2(6)3(4)5/h2H,1,6H3,(H,4,5). The van der Waals surface area contributed by atoms with Gasteiger partial charge in [0.25, 0.3) is 0 Å². The van der Waals surface area contributed by atoms with Crippen LogP contribution in [0.1, 0.15) is 6.92 Å². The molecule has 3 heteroatoms. The summed E-state index contributed by atoms with van der Waals surface area (Å²) < 4.78 is 0. The van der Waals surface area contributed by atoms with Crippen LogP contribution >= 0.6 is 12.6 Å². The molecule has 0 rings (SSSR count). The summed E-state index contributed by atoms with van der Waals surface area (Å²) in [6, 6.07) is 0. The Morgan fingerprint density at radius 3 is 2.17 bits per heavy atom. The summed E-state index contributed by atoms with van der Waals surface area (Å²) in [5, 5.41) is 0.0154. The maximum Gasteiger partial charge on any atom is 0.185 e. The Bertz CT molecular complexity index is 61.8. The van der Waals surface area contributed by atoms with E-state index in [2.05, 4.69) is 12.6 Å². The number of thiol groups is 1. The van der Waals surface area contributed by atoms with Gasteiger partial charge in [-0.05, 0) is 0 Å². The molecule has 1 unspecified atom stereocenters. The molecule has 0 bridgehead atoms. The Kier molecular flexibility index (Phi) is 2.51. The first-order valence-corrected chi connectivity index (χ1v) is 3.47. The lowest BCUT2D eigenvalue weighted by molar-refractivity contribution is -0.110. The molecule has 0 aromatic heterocycles. The number of hydrogen-bond donors (Lipinski definition) is 1. The maximum atomic E-state index is 10.0. The molecule has 0 amide bonds. The van der Waals surface area contributed by atoms with E-state index in [0.717, 1.165) is 10.2 Å².